The summed E-state index contributed by atoms with van der Waals surface area (Å²) in [6.07, 6.45) is 0. The smallest absolute Gasteiger partial charge is 0.163 e. The molecule has 0 aliphatic rings. The third-order valence-corrected chi connectivity index (χ3v) is 2.94. The maximum atomic E-state index is 13.4. The highest BCUT2D eigenvalue weighted by Gasteiger charge is 2.07. The van der Waals surface area contributed by atoms with Crippen LogP contribution in [0, 0.1) is 18.6 Å². The van der Waals surface area contributed by atoms with Crippen molar-refractivity contribution in [2.75, 3.05) is 5.32 Å². The summed E-state index contributed by atoms with van der Waals surface area (Å²) in [5.74, 6) is -1.65. The topological polar surface area (TPSA) is 12.0 Å². The Morgan fingerprint density at radius 3 is 2.72 bits per heavy atom. The Hall–Kier alpha value is -1.61. The predicted molar refractivity (Wildman–Crippen MR) is 69.9 cm³/mol. The first-order chi connectivity index (χ1) is 8.58. The summed E-state index contributed by atoms with van der Waals surface area (Å²) >= 11 is 5.88. The highest BCUT2D eigenvalue weighted by Crippen LogP contribution is 2.21. The molecule has 1 nitrogen and oxygen atoms in total. The summed E-state index contributed by atoms with van der Waals surface area (Å²) < 4.78 is 26.5. The van der Waals surface area contributed by atoms with Crippen molar-refractivity contribution in [2.45, 2.75) is 13.5 Å². The van der Waals surface area contributed by atoms with E-state index in [4.69, 9.17) is 11.6 Å². The molecule has 0 fully saturated rings. The number of rotatable bonds is 3. The lowest BCUT2D eigenvalue weighted by molar-refractivity contribution is 0.500. The Morgan fingerprint density at radius 1 is 1.17 bits per heavy atom. The van der Waals surface area contributed by atoms with Crippen molar-refractivity contribution in [3.63, 3.8) is 0 Å². The van der Waals surface area contributed by atoms with Crippen molar-refractivity contribution in [1.82, 2.24) is 0 Å². The van der Waals surface area contributed by atoms with Gasteiger partial charge >= 0.3 is 0 Å². The second kappa shape index (κ2) is 5.36. The standard InChI is InChI=1S/C14H12ClF2N/c1-9-5-6-11(15)7-13(9)18-8-10-3-2-4-12(16)14(10)17/h2-7,18H,8H2,1H3. The van der Waals surface area contributed by atoms with Crippen LogP contribution >= 0.6 is 11.6 Å². The third kappa shape index (κ3) is 2.79. The molecule has 0 atom stereocenters. The van der Waals surface area contributed by atoms with Gasteiger partial charge < -0.3 is 5.32 Å². The summed E-state index contributed by atoms with van der Waals surface area (Å²) in [6, 6.07) is 9.54. The van der Waals surface area contributed by atoms with E-state index in [0.717, 1.165) is 17.3 Å². The summed E-state index contributed by atoms with van der Waals surface area (Å²) in [5, 5.41) is 3.65. The van der Waals surface area contributed by atoms with E-state index in [2.05, 4.69) is 5.32 Å². The van der Waals surface area contributed by atoms with E-state index in [1.807, 2.05) is 13.0 Å². The lowest BCUT2D eigenvalue weighted by Crippen LogP contribution is -2.04. The van der Waals surface area contributed by atoms with Gasteiger partial charge in [0.15, 0.2) is 11.6 Å². The predicted octanol–water partition coefficient (Wildman–Crippen LogP) is 4.54. The van der Waals surface area contributed by atoms with Gasteiger partial charge in [-0.3, -0.25) is 0 Å². The Labute approximate surface area is 109 Å². The molecule has 0 saturated carbocycles. The van der Waals surface area contributed by atoms with E-state index in [-0.39, 0.29) is 12.1 Å². The van der Waals surface area contributed by atoms with E-state index < -0.39 is 11.6 Å². The number of hydrogen-bond acceptors (Lipinski definition) is 1. The van der Waals surface area contributed by atoms with Crippen LogP contribution in [0.3, 0.4) is 0 Å². The van der Waals surface area contributed by atoms with Crippen molar-refractivity contribution in [3.8, 4) is 0 Å². The average molecular weight is 268 g/mol. The number of benzene rings is 2. The summed E-state index contributed by atoms with van der Waals surface area (Å²) in [7, 11) is 0. The first kappa shape index (κ1) is 12.8. The minimum Gasteiger partial charge on any atom is -0.381 e. The van der Waals surface area contributed by atoms with Crippen LogP contribution in [0.1, 0.15) is 11.1 Å². The molecule has 4 heteroatoms. The van der Waals surface area contributed by atoms with E-state index >= 15 is 0 Å². The van der Waals surface area contributed by atoms with E-state index in [1.54, 1.807) is 18.2 Å². The summed E-state index contributed by atoms with van der Waals surface area (Å²) in [4.78, 5) is 0. The molecular weight excluding hydrogens is 256 g/mol. The lowest BCUT2D eigenvalue weighted by Gasteiger charge is -2.10. The van der Waals surface area contributed by atoms with Crippen LogP contribution in [0.4, 0.5) is 14.5 Å². The van der Waals surface area contributed by atoms with E-state index in [1.165, 1.54) is 6.07 Å². The van der Waals surface area contributed by atoms with Gasteiger partial charge in [0.05, 0.1) is 0 Å². The quantitative estimate of drug-likeness (QED) is 0.861. The van der Waals surface area contributed by atoms with Crippen LogP contribution in [0.15, 0.2) is 36.4 Å². The molecule has 0 aliphatic heterocycles. The van der Waals surface area contributed by atoms with Gasteiger partial charge in [-0.1, -0.05) is 29.8 Å². The molecule has 2 rings (SSSR count). The zero-order chi connectivity index (χ0) is 13.1. The van der Waals surface area contributed by atoms with E-state index in [0.29, 0.717) is 5.02 Å². The largest absolute Gasteiger partial charge is 0.381 e. The van der Waals surface area contributed by atoms with Crippen LogP contribution in [-0.2, 0) is 6.54 Å². The summed E-state index contributed by atoms with van der Waals surface area (Å²) in [5.41, 5.74) is 2.09. The maximum Gasteiger partial charge on any atom is 0.163 e. The Bertz CT molecular complexity index is 568. The number of nitrogens with one attached hydrogen (secondary N) is 1. The van der Waals surface area contributed by atoms with Crippen molar-refractivity contribution < 1.29 is 8.78 Å². The fourth-order valence-electron chi connectivity index (χ4n) is 1.66. The third-order valence-electron chi connectivity index (χ3n) is 2.70. The van der Waals surface area contributed by atoms with Crippen LogP contribution in [-0.4, -0.2) is 0 Å². The number of halogens is 3. The van der Waals surface area contributed by atoms with Gasteiger partial charge in [-0.25, -0.2) is 8.78 Å². The average Bonchev–Trinajstić information content (AvgIpc) is 2.35. The molecule has 0 bridgehead atoms. The Kier molecular flexibility index (Phi) is 3.82. The minimum atomic E-state index is -0.836. The molecule has 18 heavy (non-hydrogen) atoms. The van der Waals surface area contributed by atoms with Crippen LogP contribution in [0.25, 0.3) is 0 Å². The zero-order valence-electron chi connectivity index (χ0n) is 9.81. The van der Waals surface area contributed by atoms with Gasteiger partial charge in [-0.05, 0) is 30.7 Å². The van der Waals surface area contributed by atoms with Crippen molar-refractivity contribution >= 4 is 17.3 Å². The maximum absolute atomic E-state index is 13.4. The van der Waals surface area contributed by atoms with Gasteiger partial charge in [-0.2, -0.15) is 0 Å². The van der Waals surface area contributed by atoms with Crippen LogP contribution in [0.5, 0.6) is 0 Å². The molecule has 0 aliphatic carbocycles. The molecule has 94 valence electrons. The molecule has 0 spiro atoms. The van der Waals surface area contributed by atoms with Crippen molar-refractivity contribution in [2.24, 2.45) is 0 Å². The fourth-order valence-corrected chi connectivity index (χ4v) is 1.83. The number of aryl methyl sites for hydroxylation is 1. The normalized spacial score (nSPS) is 10.4. The Balaban J connectivity index is 2.16. The minimum absolute atomic E-state index is 0.213. The van der Waals surface area contributed by atoms with Crippen LogP contribution in [0.2, 0.25) is 5.02 Å². The van der Waals surface area contributed by atoms with Gasteiger partial charge in [0.25, 0.3) is 0 Å². The zero-order valence-corrected chi connectivity index (χ0v) is 10.6. The van der Waals surface area contributed by atoms with Gasteiger partial charge in [0, 0.05) is 22.8 Å². The number of hydrogen-bond donors (Lipinski definition) is 1. The van der Waals surface area contributed by atoms with Crippen molar-refractivity contribution in [1.29, 1.82) is 0 Å². The molecular formula is C14H12ClF2N. The Morgan fingerprint density at radius 2 is 1.94 bits per heavy atom. The molecule has 0 radical (unpaired) electrons. The molecule has 0 unspecified atom stereocenters. The van der Waals surface area contributed by atoms with Gasteiger partial charge in [0.2, 0.25) is 0 Å². The fraction of sp³-hybridized carbons (Fsp3) is 0.143. The van der Waals surface area contributed by atoms with E-state index in [9.17, 15) is 8.78 Å². The SMILES string of the molecule is Cc1ccc(Cl)cc1NCc1cccc(F)c1F. The molecule has 2 aromatic rings. The highest BCUT2D eigenvalue weighted by atomic mass is 35.5. The molecule has 2 aromatic carbocycles. The lowest BCUT2D eigenvalue weighted by atomic mass is 10.1. The molecule has 0 aromatic heterocycles. The second-order valence-electron chi connectivity index (χ2n) is 4.03. The summed E-state index contributed by atoms with van der Waals surface area (Å²) in [6.45, 7) is 2.13. The molecule has 0 heterocycles. The number of anilines is 1. The van der Waals surface area contributed by atoms with Crippen molar-refractivity contribution in [3.05, 3.63) is 64.2 Å². The molecule has 0 amide bonds. The van der Waals surface area contributed by atoms with Gasteiger partial charge in [-0.15, -0.1) is 0 Å². The first-order valence-electron chi connectivity index (χ1n) is 5.51. The first-order valence-corrected chi connectivity index (χ1v) is 5.88. The van der Waals surface area contributed by atoms with Gasteiger partial charge in [0.1, 0.15) is 0 Å². The second-order valence-corrected chi connectivity index (χ2v) is 4.46. The molecule has 1 N–H and O–H groups in total. The monoisotopic (exact) mass is 267 g/mol. The van der Waals surface area contributed by atoms with Crippen LogP contribution < -0.4 is 5.32 Å². The highest BCUT2D eigenvalue weighted by molar-refractivity contribution is 6.30. The molecule has 0 saturated heterocycles.